The molecule has 2 atom stereocenters. The van der Waals surface area contributed by atoms with Crippen LogP contribution in [-0.4, -0.2) is 53.0 Å². The van der Waals surface area contributed by atoms with E-state index in [4.69, 9.17) is 5.11 Å². The molecule has 1 aliphatic heterocycles. The maximum Gasteiger partial charge on any atom is 0.325 e. The minimum atomic E-state index is -1.03. The molecule has 0 aromatic rings. The Balaban J connectivity index is 2.49. The molecule has 0 aromatic carbocycles. The van der Waals surface area contributed by atoms with Gasteiger partial charge < -0.3 is 15.7 Å². The molecule has 100 valence electrons. The highest BCUT2D eigenvalue weighted by Gasteiger charge is 2.31. The summed E-state index contributed by atoms with van der Waals surface area (Å²) in [4.78, 5) is 45.4. The molecular formula is C10H15N3O5. The molecule has 1 saturated heterocycles. The summed E-state index contributed by atoms with van der Waals surface area (Å²) in [6, 6.07) is -1.20. The molecule has 1 rings (SSSR count). The Hall–Kier alpha value is -2.12. The second-order valence-electron chi connectivity index (χ2n) is 4.12. The van der Waals surface area contributed by atoms with E-state index in [0.29, 0.717) is 0 Å². The van der Waals surface area contributed by atoms with Gasteiger partial charge >= 0.3 is 12.0 Å². The average molecular weight is 257 g/mol. The molecule has 0 aromatic heterocycles. The number of nitrogens with zero attached hydrogens (tertiary/aromatic N) is 1. The van der Waals surface area contributed by atoms with Gasteiger partial charge in [-0.05, 0) is 13.8 Å². The Morgan fingerprint density at radius 1 is 1.44 bits per heavy atom. The molecule has 2 unspecified atom stereocenters. The zero-order chi connectivity index (χ0) is 13.9. The summed E-state index contributed by atoms with van der Waals surface area (Å²) in [5, 5.41) is 13.5. The molecule has 0 radical (unpaired) electrons. The highest BCUT2D eigenvalue weighted by atomic mass is 16.4. The third kappa shape index (κ3) is 3.19. The molecule has 8 nitrogen and oxygen atoms in total. The number of nitrogens with one attached hydrogen (secondary N) is 2. The van der Waals surface area contributed by atoms with Crippen LogP contribution >= 0.6 is 0 Å². The van der Waals surface area contributed by atoms with Gasteiger partial charge in [-0.3, -0.25) is 19.3 Å². The molecule has 0 aliphatic carbocycles. The first-order valence-corrected chi connectivity index (χ1v) is 5.43. The van der Waals surface area contributed by atoms with Gasteiger partial charge in [0.05, 0.1) is 12.5 Å². The minimum absolute atomic E-state index is 0.118. The maximum atomic E-state index is 11.5. The van der Waals surface area contributed by atoms with Gasteiger partial charge in [0, 0.05) is 6.04 Å². The SMILES string of the molecule is CC(NC(=O)CN1C(=O)CNC1=O)C(C)C(=O)O. The summed E-state index contributed by atoms with van der Waals surface area (Å²) in [7, 11) is 0. The van der Waals surface area contributed by atoms with Crippen LogP contribution in [0.15, 0.2) is 0 Å². The van der Waals surface area contributed by atoms with Crippen LogP contribution in [0.1, 0.15) is 13.8 Å². The zero-order valence-corrected chi connectivity index (χ0v) is 10.1. The summed E-state index contributed by atoms with van der Waals surface area (Å²) < 4.78 is 0. The van der Waals surface area contributed by atoms with Crippen molar-refractivity contribution < 1.29 is 24.3 Å². The van der Waals surface area contributed by atoms with Gasteiger partial charge in [-0.2, -0.15) is 0 Å². The quantitative estimate of drug-likeness (QED) is 0.533. The predicted octanol–water partition coefficient (Wildman–Crippen LogP) is -1.24. The summed E-state index contributed by atoms with van der Waals surface area (Å²) >= 11 is 0. The van der Waals surface area contributed by atoms with Crippen molar-refractivity contribution in [2.45, 2.75) is 19.9 Å². The van der Waals surface area contributed by atoms with E-state index in [2.05, 4.69) is 10.6 Å². The Labute approximate surface area is 103 Å². The van der Waals surface area contributed by atoms with Crippen molar-refractivity contribution in [3.8, 4) is 0 Å². The topological polar surface area (TPSA) is 116 Å². The Kier molecular flexibility index (Phi) is 4.24. The van der Waals surface area contributed by atoms with Crippen LogP contribution in [0.2, 0.25) is 0 Å². The predicted molar refractivity (Wildman–Crippen MR) is 59.5 cm³/mol. The Bertz CT molecular complexity index is 379. The van der Waals surface area contributed by atoms with E-state index in [9.17, 15) is 19.2 Å². The van der Waals surface area contributed by atoms with Crippen LogP contribution in [0.25, 0.3) is 0 Å². The lowest BCUT2D eigenvalue weighted by Gasteiger charge is -2.19. The number of carbonyl (C=O) groups excluding carboxylic acids is 3. The number of amides is 4. The van der Waals surface area contributed by atoms with Gasteiger partial charge in [0.25, 0.3) is 5.91 Å². The number of urea groups is 1. The van der Waals surface area contributed by atoms with Crippen LogP contribution < -0.4 is 10.6 Å². The standard InChI is InChI=1S/C10H15N3O5/c1-5(9(16)17)6(2)12-7(14)4-13-8(15)3-11-10(13)18/h5-6H,3-4H2,1-2H3,(H,11,18)(H,12,14)(H,16,17). The molecule has 0 bridgehead atoms. The fourth-order valence-corrected chi connectivity index (χ4v) is 1.40. The molecule has 0 spiro atoms. The van der Waals surface area contributed by atoms with Crippen LogP contribution in [0.5, 0.6) is 0 Å². The van der Waals surface area contributed by atoms with Gasteiger partial charge in [0.15, 0.2) is 0 Å². The molecule has 1 aliphatic rings. The second-order valence-corrected chi connectivity index (χ2v) is 4.12. The van der Waals surface area contributed by atoms with Gasteiger partial charge in [0.1, 0.15) is 6.54 Å². The first kappa shape index (κ1) is 13.9. The summed E-state index contributed by atoms with van der Waals surface area (Å²) in [6.45, 7) is 2.48. The molecule has 4 amide bonds. The molecule has 1 heterocycles. The van der Waals surface area contributed by atoms with Gasteiger partial charge in [-0.15, -0.1) is 0 Å². The second kappa shape index (κ2) is 5.48. The minimum Gasteiger partial charge on any atom is -0.481 e. The van der Waals surface area contributed by atoms with E-state index in [1.165, 1.54) is 6.92 Å². The normalized spacial score (nSPS) is 18.2. The first-order valence-electron chi connectivity index (χ1n) is 5.43. The van der Waals surface area contributed by atoms with Crippen molar-refractivity contribution in [1.29, 1.82) is 0 Å². The lowest BCUT2D eigenvalue weighted by atomic mass is 10.0. The molecule has 0 saturated carbocycles. The van der Waals surface area contributed by atoms with Crippen molar-refractivity contribution in [1.82, 2.24) is 15.5 Å². The third-order valence-corrected chi connectivity index (χ3v) is 2.77. The van der Waals surface area contributed by atoms with Gasteiger partial charge in [-0.25, -0.2) is 4.79 Å². The summed E-state index contributed by atoms with van der Waals surface area (Å²) in [5.74, 6) is -2.83. The van der Waals surface area contributed by atoms with E-state index < -0.39 is 42.3 Å². The van der Waals surface area contributed by atoms with E-state index in [-0.39, 0.29) is 6.54 Å². The number of hydrogen-bond acceptors (Lipinski definition) is 4. The van der Waals surface area contributed by atoms with Crippen molar-refractivity contribution in [2.24, 2.45) is 5.92 Å². The van der Waals surface area contributed by atoms with Gasteiger partial charge in [-0.1, -0.05) is 0 Å². The number of aliphatic carboxylic acids is 1. The monoisotopic (exact) mass is 257 g/mol. The number of carboxylic acids is 1. The largest absolute Gasteiger partial charge is 0.481 e. The molecule has 3 N–H and O–H groups in total. The van der Waals surface area contributed by atoms with Crippen LogP contribution in [0.4, 0.5) is 4.79 Å². The van der Waals surface area contributed by atoms with Crippen molar-refractivity contribution in [3.05, 3.63) is 0 Å². The Morgan fingerprint density at radius 3 is 2.50 bits per heavy atom. The molecular weight excluding hydrogens is 242 g/mol. The highest BCUT2D eigenvalue weighted by Crippen LogP contribution is 2.03. The smallest absolute Gasteiger partial charge is 0.325 e. The van der Waals surface area contributed by atoms with Crippen LogP contribution in [0, 0.1) is 5.92 Å². The number of hydrogen-bond donors (Lipinski definition) is 3. The summed E-state index contributed by atoms with van der Waals surface area (Å²) in [5.41, 5.74) is 0. The lowest BCUT2D eigenvalue weighted by Crippen LogP contribution is -2.46. The number of imide groups is 1. The van der Waals surface area contributed by atoms with E-state index in [1.807, 2.05) is 0 Å². The fourth-order valence-electron chi connectivity index (χ4n) is 1.40. The Morgan fingerprint density at radius 2 is 2.06 bits per heavy atom. The zero-order valence-electron chi connectivity index (χ0n) is 10.1. The lowest BCUT2D eigenvalue weighted by molar-refractivity contribution is -0.142. The molecule has 18 heavy (non-hydrogen) atoms. The van der Waals surface area contributed by atoms with E-state index >= 15 is 0 Å². The number of carboxylic acid groups (broad SMARTS) is 1. The average Bonchev–Trinajstić information content (AvgIpc) is 2.59. The van der Waals surface area contributed by atoms with E-state index in [0.717, 1.165) is 4.90 Å². The summed E-state index contributed by atoms with van der Waals surface area (Å²) in [6.07, 6.45) is 0. The third-order valence-electron chi connectivity index (χ3n) is 2.77. The van der Waals surface area contributed by atoms with Crippen molar-refractivity contribution >= 4 is 23.8 Å². The molecule has 8 heteroatoms. The fraction of sp³-hybridized carbons (Fsp3) is 0.600. The van der Waals surface area contributed by atoms with Crippen LogP contribution in [-0.2, 0) is 14.4 Å². The van der Waals surface area contributed by atoms with Gasteiger partial charge in [0.2, 0.25) is 5.91 Å². The molecule has 1 fully saturated rings. The van der Waals surface area contributed by atoms with Crippen molar-refractivity contribution in [2.75, 3.05) is 13.1 Å². The first-order chi connectivity index (χ1) is 8.32. The van der Waals surface area contributed by atoms with Crippen molar-refractivity contribution in [3.63, 3.8) is 0 Å². The van der Waals surface area contributed by atoms with E-state index in [1.54, 1.807) is 6.92 Å². The van der Waals surface area contributed by atoms with Crippen LogP contribution in [0.3, 0.4) is 0 Å². The highest BCUT2D eigenvalue weighted by molar-refractivity contribution is 6.04. The number of rotatable bonds is 5. The maximum absolute atomic E-state index is 11.5. The number of carbonyl (C=O) groups is 4.